The lowest BCUT2D eigenvalue weighted by Crippen LogP contribution is -2.37. The molecule has 1 atom stereocenters. The number of carbonyl (C=O) groups excluding carboxylic acids is 2. The summed E-state index contributed by atoms with van der Waals surface area (Å²) in [6.07, 6.45) is -0.171. The van der Waals surface area contributed by atoms with Crippen molar-refractivity contribution < 1.29 is 27.5 Å². The first kappa shape index (κ1) is 25.2. The van der Waals surface area contributed by atoms with Crippen LogP contribution < -0.4 is 21.1 Å². The first-order valence-corrected chi connectivity index (χ1v) is 11.8. The van der Waals surface area contributed by atoms with Gasteiger partial charge in [0.25, 0.3) is 5.91 Å². The molecule has 0 unspecified atom stereocenters. The third-order valence-electron chi connectivity index (χ3n) is 4.76. The quantitative estimate of drug-likeness (QED) is 0.493. The minimum absolute atomic E-state index is 0.0117. The summed E-state index contributed by atoms with van der Waals surface area (Å²) in [6, 6.07) is 11.3. The van der Waals surface area contributed by atoms with Gasteiger partial charge in [0.2, 0.25) is 0 Å². The number of hydrogen-bond acceptors (Lipinski definition) is 7. The maximum Gasteiger partial charge on any atom is 0.411 e. The minimum atomic E-state index is -3.79. The van der Waals surface area contributed by atoms with Crippen molar-refractivity contribution in [2.24, 2.45) is 5.73 Å². The van der Waals surface area contributed by atoms with Crippen LogP contribution >= 0.6 is 0 Å². The Bertz CT molecular complexity index is 1040. The van der Waals surface area contributed by atoms with Crippen molar-refractivity contribution in [1.29, 1.82) is 0 Å². The molecule has 0 heterocycles. The van der Waals surface area contributed by atoms with E-state index >= 15 is 0 Å². The number of nitrogens with two attached hydrogens (primary N) is 1. The topological polar surface area (TPSA) is 137 Å². The van der Waals surface area contributed by atoms with E-state index in [1.807, 2.05) is 25.1 Å². The fraction of sp³-hybridized carbons (Fsp3) is 0.364. The van der Waals surface area contributed by atoms with Crippen molar-refractivity contribution in [3.63, 3.8) is 0 Å². The molecule has 174 valence electrons. The van der Waals surface area contributed by atoms with Crippen LogP contribution in [0.25, 0.3) is 0 Å². The van der Waals surface area contributed by atoms with Crippen LogP contribution in [-0.2, 0) is 21.2 Å². The van der Waals surface area contributed by atoms with E-state index < -0.39 is 21.8 Å². The fourth-order valence-corrected chi connectivity index (χ4v) is 3.80. The van der Waals surface area contributed by atoms with Gasteiger partial charge in [-0.05, 0) is 18.1 Å². The van der Waals surface area contributed by atoms with Crippen LogP contribution in [0, 0.1) is 0 Å². The molecular weight excluding hydrogens is 434 g/mol. The molecule has 0 aliphatic heterocycles. The summed E-state index contributed by atoms with van der Waals surface area (Å²) >= 11 is 0. The van der Waals surface area contributed by atoms with E-state index in [4.69, 9.17) is 15.2 Å². The third-order valence-corrected chi connectivity index (χ3v) is 6.53. The van der Waals surface area contributed by atoms with E-state index in [-0.39, 0.29) is 46.8 Å². The molecule has 0 aliphatic carbocycles. The van der Waals surface area contributed by atoms with Crippen molar-refractivity contribution in [1.82, 2.24) is 5.32 Å². The number of amides is 2. The number of sulfone groups is 1. The average Bonchev–Trinajstić information content (AvgIpc) is 2.81. The monoisotopic (exact) mass is 463 g/mol. The second kappa shape index (κ2) is 11.5. The normalized spacial score (nSPS) is 12.0. The molecule has 0 aliphatic rings. The number of carbonyl (C=O) groups is 2. The maximum absolute atomic E-state index is 12.7. The SMILES string of the molecule is CC[C@H](N)CNC(=O)c1cc(S(=O)(=O)CC)c(NC(=O)OCc2ccccc2)cc1OC. The summed E-state index contributed by atoms with van der Waals surface area (Å²) in [5.41, 5.74) is 6.59. The zero-order valence-corrected chi connectivity index (χ0v) is 19.2. The predicted molar refractivity (Wildman–Crippen MR) is 122 cm³/mol. The number of ether oxygens (including phenoxy) is 2. The van der Waals surface area contributed by atoms with Crippen LogP contribution in [0.5, 0.6) is 5.75 Å². The van der Waals surface area contributed by atoms with Crippen LogP contribution in [0.15, 0.2) is 47.4 Å². The van der Waals surface area contributed by atoms with E-state index in [9.17, 15) is 18.0 Å². The summed E-state index contributed by atoms with van der Waals surface area (Å²) in [7, 11) is -2.45. The van der Waals surface area contributed by atoms with Crippen LogP contribution in [-0.4, -0.2) is 45.9 Å². The van der Waals surface area contributed by atoms with Crippen molar-refractivity contribution >= 4 is 27.5 Å². The van der Waals surface area contributed by atoms with Gasteiger partial charge in [-0.2, -0.15) is 0 Å². The van der Waals surface area contributed by atoms with Gasteiger partial charge in [-0.1, -0.05) is 44.2 Å². The molecule has 32 heavy (non-hydrogen) atoms. The van der Waals surface area contributed by atoms with E-state index in [0.717, 1.165) is 5.56 Å². The highest BCUT2D eigenvalue weighted by Crippen LogP contribution is 2.31. The average molecular weight is 464 g/mol. The molecule has 2 rings (SSSR count). The van der Waals surface area contributed by atoms with Gasteiger partial charge in [-0.3, -0.25) is 10.1 Å². The van der Waals surface area contributed by atoms with Gasteiger partial charge >= 0.3 is 6.09 Å². The highest BCUT2D eigenvalue weighted by atomic mass is 32.2. The largest absolute Gasteiger partial charge is 0.496 e. The van der Waals surface area contributed by atoms with E-state index in [0.29, 0.717) is 6.42 Å². The van der Waals surface area contributed by atoms with Gasteiger partial charge in [-0.25, -0.2) is 13.2 Å². The number of nitrogens with one attached hydrogen (secondary N) is 2. The highest BCUT2D eigenvalue weighted by molar-refractivity contribution is 7.91. The van der Waals surface area contributed by atoms with Crippen molar-refractivity contribution in [3.8, 4) is 5.75 Å². The Morgan fingerprint density at radius 3 is 2.41 bits per heavy atom. The summed E-state index contributed by atoms with van der Waals surface area (Å²) in [5, 5.41) is 5.12. The molecule has 10 heteroatoms. The molecule has 9 nitrogen and oxygen atoms in total. The standard InChI is InChI=1S/C22H29N3O6S/c1-4-16(23)13-24-21(26)17-11-20(32(28,29)5-2)18(12-19(17)30-3)25-22(27)31-14-15-9-7-6-8-10-15/h6-12,16H,4-5,13-14,23H2,1-3H3,(H,24,26)(H,25,27)/t16-/m0/s1. The predicted octanol–water partition coefficient (Wildman–Crippen LogP) is 2.70. The van der Waals surface area contributed by atoms with Gasteiger partial charge in [0, 0.05) is 18.7 Å². The van der Waals surface area contributed by atoms with E-state index in [2.05, 4.69) is 10.6 Å². The van der Waals surface area contributed by atoms with Gasteiger partial charge in [-0.15, -0.1) is 0 Å². The number of hydrogen-bond donors (Lipinski definition) is 3. The molecule has 2 aromatic carbocycles. The summed E-state index contributed by atoms with van der Waals surface area (Å²) in [5.74, 6) is -0.660. The number of methoxy groups -OCH3 is 1. The Morgan fingerprint density at radius 1 is 1.12 bits per heavy atom. The number of benzene rings is 2. The van der Waals surface area contributed by atoms with Gasteiger partial charge in [0.1, 0.15) is 12.4 Å². The Morgan fingerprint density at radius 2 is 1.81 bits per heavy atom. The minimum Gasteiger partial charge on any atom is -0.496 e. The molecule has 0 fully saturated rings. The van der Waals surface area contributed by atoms with Gasteiger partial charge in [0.05, 0.1) is 29.0 Å². The second-order valence-electron chi connectivity index (χ2n) is 7.02. The zero-order valence-electron chi connectivity index (χ0n) is 18.4. The molecule has 2 aromatic rings. The Kier molecular flexibility index (Phi) is 9.03. The second-order valence-corrected chi connectivity index (χ2v) is 9.26. The molecule has 0 saturated carbocycles. The Hall–Kier alpha value is -3.11. The maximum atomic E-state index is 12.7. The molecule has 0 radical (unpaired) electrons. The van der Waals surface area contributed by atoms with Gasteiger partial charge in [0.15, 0.2) is 9.84 Å². The lowest BCUT2D eigenvalue weighted by atomic mass is 10.1. The summed E-state index contributed by atoms with van der Waals surface area (Å²) < 4.78 is 35.8. The van der Waals surface area contributed by atoms with Crippen LogP contribution in [0.1, 0.15) is 36.2 Å². The van der Waals surface area contributed by atoms with Crippen LogP contribution in [0.3, 0.4) is 0 Å². The molecule has 4 N–H and O–H groups in total. The Balaban J connectivity index is 2.32. The number of anilines is 1. The number of rotatable bonds is 10. The van der Waals surface area contributed by atoms with Crippen molar-refractivity contribution in [2.75, 3.05) is 24.7 Å². The molecule has 2 amide bonds. The first-order valence-electron chi connectivity index (χ1n) is 10.2. The molecular formula is C22H29N3O6S. The molecule has 0 aromatic heterocycles. The van der Waals surface area contributed by atoms with Gasteiger partial charge < -0.3 is 20.5 Å². The van der Waals surface area contributed by atoms with Crippen LogP contribution in [0.4, 0.5) is 10.5 Å². The summed E-state index contributed by atoms with van der Waals surface area (Å²) in [6.45, 7) is 3.59. The molecule has 0 bridgehead atoms. The van der Waals surface area contributed by atoms with Crippen molar-refractivity contribution in [2.45, 2.75) is 37.8 Å². The van der Waals surface area contributed by atoms with Crippen LogP contribution in [0.2, 0.25) is 0 Å². The Labute approximate surface area is 188 Å². The first-order chi connectivity index (χ1) is 15.2. The lowest BCUT2D eigenvalue weighted by molar-refractivity contribution is 0.0947. The van der Waals surface area contributed by atoms with Crippen molar-refractivity contribution in [3.05, 3.63) is 53.6 Å². The molecule has 0 saturated heterocycles. The smallest absolute Gasteiger partial charge is 0.411 e. The van der Waals surface area contributed by atoms with E-state index in [1.54, 1.807) is 12.1 Å². The highest BCUT2D eigenvalue weighted by Gasteiger charge is 2.24. The summed E-state index contributed by atoms with van der Waals surface area (Å²) in [4.78, 5) is 24.8. The molecule has 0 spiro atoms. The lowest BCUT2D eigenvalue weighted by Gasteiger charge is -2.17. The zero-order chi connectivity index (χ0) is 23.7. The third kappa shape index (κ3) is 6.69. The van der Waals surface area contributed by atoms with E-state index in [1.165, 1.54) is 26.2 Å². The fourth-order valence-electron chi connectivity index (χ4n) is 2.75.